The van der Waals surface area contributed by atoms with Crippen molar-refractivity contribution in [3.8, 4) is 0 Å². The van der Waals surface area contributed by atoms with Crippen molar-refractivity contribution in [2.45, 2.75) is 103 Å². The van der Waals surface area contributed by atoms with E-state index in [9.17, 15) is 0 Å². The van der Waals surface area contributed by atoms with Crippen molar-refractivity contribution in [1.82, 2.24) is 0 Å². The van der Waals surface area contributed by atoms with Gasteiger partial charge in [0.2, 0.25) is 0 Å². The highest BCUT2D eigenvalue weighted by Gasteiger charge is 1.99. The summed E-state index contributed by atoms with van der Waals surface area (Å²) >= 11 is 17.1. The molecule has 0 amide bonds. The van der Waals surface area contributed by atoms with Gasteiger partial charge < -0.3 is 0 Å². The second-order valence-corrected chi connectivity index (χ2v) is 7.42. The van der Waals surface area contributed by atoms with Crippen LogP contribution in [0.5, 0.6) is 0 Å². The first-order valence-corrected chi connectivity index (χ1v) is 10.0. The Morgan fingerprint density at radius 2 is 0.857 bits per heavy atom. The van der Waals surface area contributed by atoms with Gasteiger partial charge in [0.25, 0.3) is 0 Å². The Morgan fingerprint density at radius 3 is 1.19 bits per heavy atom. The molecule has 3 heteroatoms. The first-order valence-electron chi connectivity index (χ1n) is 8.88. The van der Waals surface area contributed by atoms with E-state index in [0.29, 0.717) is 5.03 Å². The van der Waals surface area contributed by atoms with E-state index in [4.69, 9.17) is 34.8 Å². The monoisotopic (exact) mass is 354 g/mol. The fraction of sp³-hybridized carbons (Fsp3) is 0.889. The highest BCUT2D eigenvalue weighted by atomic mass is 35.5. The van der Waals surface area contributed by atoms with Crippen molar-refractivity contribution < 1.29 is 0 Å². The number of halogens is 3. The largest absolute Gasteiger partial charge is 0.121 e. The maximum absolute atomic E-state index is 5.88. The molecule has 21 heavy (non-hydrogen) atoms. The Balaban J connectivity index is 3.08. The summed E-state index contributed by atoms with van der Waals surface area (Å²) in [7, 11) is 0. The first kappa shape index (κ1) is 21.6. The van der Waals surface area contributed by atoms with E-state index in [1.54, 1.807) is 0 Å². The van der Waals surface area contributed by atoms with Crippen LogP contribution >= 0.6 is 34.8 Å². The Morgan fingerprint density at radius 1 is 0.524 bits per heavy atom. The van der Waals surface area contributed by atoms with Gasteiger partial charge in [0.1, 0.15) is 4.49 Å². The topological polar surface area (TPSA) is 0 Å². The molecule has 0 fully saturated rings. The summed E-state index contributed by atoms with van der Waals surface area (Å²) < 4.78 is 0.228. The average Bonchev–Trinajstić information content (AvgIpc) is 2.47. The second-order valence-electron chi connectivity index (χ2n) is 6.01. The molecule has 0 radical (unpaired) electrons. The Labute approximate surface area is 147 Å². The molecule has 0 aromatic heterocycles. The van der Waals surface area contributed by atoms with Crippen LogP contribution in [0.2, 0.25) is 0 Å². The van der Waals surface area contributed by atoms with Crippen molar-refractivity contribution in [2.75, 3.05) is 0 Å². The van der Waals surface area contributed by atoms with E-state index in [2.05, 4.69) is 6.92 Å². The molecular weight excluding hydrogens is 323 g/mol. The summed E-state index contributed by atoms with van der Waals surface area (Å²) in [4.78, 5) is 0. The maximum atomic E-state index is 5.88. The van der Waals surface area contributed by atoms with Gasteiger partial charge in [-0.3, -0.25) is 0 Å². The molecule has 0 aliphatic carbocycles. The summed E-state index contributed by atoms with van der Waals surface area (Å²) in [5.41, 5.74) is 0. The van der Waals surface area contributed by atoms with E-state index in [1.807, 2.05) is 0 Å². The van der Waals surface area contributed by atoms with Gasteiger partial charge in [-0.15, -0.1) is 0 Å². The van der Waals surface area contributed by atoms with Crippen molar-refractivity contribution in [3.63, 3.8) is 0 Å². The Bertz CT molecular complexity index is 245. The molecule has 126 valence electrons. The molecule has 0 rings (SSSR count). The minimum atomic E-state index is 0.228. The van der Waals surface area contributed by atoms with Gasteiger partial charge in [-0.1, -0.05) is 125 Å². The summed E-state index contributed by atoms with van der Waals surface area (Å²) in [6, 6.07) is 0. The fourth-order valence-electron chi connectivity index (χ4n) is 2.57. The number of hydrogen-bond acceptors (Lipinski definition) is 0. The van der Waals surface area contributed by atoms with Crippen LogP contribution in [-0.4, -0.2) is 0 Å². The first-order chi connectivity index (χ1) is 10.2. The summed E-state index contributed by atoms with van der Waals surface area (Å²) in [5, 5.41) is 0.609. The molecule has 0 nitrogen and oxygen atoms in total. The number of allylic oxidation sites excluding steroid dienone is 1. The lowest BCUT2D eigenvalue weighted by Crippen LogP contribution is -1.83. The lowest BCUT2D eigenvalue weighted by atomic mass is 10.0. The highest BCUT2D eigenvalue weighted by molar-refractivity contribution is 6.59. The van der Waals surface area contributed by atoms with Crippen LogP contribution in [0.3, 0.4) is 0 Å². The quantitative estimate of drug-likeness (QED) is 0.257. The molecule has 0 saturated heterocycles. The normalized spacial score (nSPS) is 10.9. The van der Waals surface area contributed by atoms with Crippen LogP contribution in [0.25, 0.3) is 0 Å². The minimum absolute atomic E-state index is 0.228. The predicted octanol–water partition coefficient (Wildman–Crippen LogP) is 8.74. The molecule has 0 N–H and O–H groups in total. The summed E-state index contributed by atoms with van der Waals surface area (Å²) in [6.45, 7) is 2.28. The summed E-state index contributed by atoms with van der Waals surface area (Å²) in [6.07, 6.45) is 20.0. The zero-order valence-corrected chi connectivity index (χ0v) is 16.0. The van der Waals surface area contributed by atoms with Crippen molar-refractivity contribution in [2.24, 2.45) is 0 Å². The lowest BCUT2D eigenvalue weighted by Gasteiger charge is -2.03. The third kappa shape index (κ3) is 16.8. The van der Waals surface area contributed by atoms with Crippen LogP contribution < -0.4 is 0 Å². The van der Waals surface area contributed by atoms with Gasteiger partial charge in [0, 0.05) is 5.03 Å². The Hall–Kier alpha value is 0.610. The van der Waals surface area contributed by atoms with Crippen LogP contribution in [0.15, 0.2) is 9.52 Å². The molecule has 0 aliphatic rings. The summed E-state index contributed by atoms with van der Waals surface area (Å²) in [5.74, 6) is 0. The molecular formula is C18H33Cl3. The van der Waals surface area contributed by atoms with Crippen LogP contribution in [0, 0.1) is 0 Å². The zero-order valence-electron chi connectivity index (χ0n) is 13.7. The molecule has 0 aromatic carbocycles. The van der Waals surface area contributed by atoms with Crippen molar-refractivity contribution >= 4 is 34.8 Å². The molecule has 0 aromatic rings. The standard InChI is InChI=1S/C18H33Cl3/c1-2-3-4-5-6-7-8-9-10-11-12-13-14-15-16-17(19)18(20)21/h2-16H2,1H3. The highest BCUT2D eigenvalue weighted by Crippen LogP contribution is 2.23. The number of unbranched alkanes of at least 4 members (excludes halogenated alkanes) is 13. The number of rotatable bonds is 15. The SMILES string of the molecule is CCCCCCCCCCCCCCCCC(Cl)=C(Cl)Cl. The maximum Gasteiger partial charge on any atom is 0.121 e. The van der Waals surface area contributed by atoms with Crippen LogP contribution in [-0.2, 0) is 0 Å². The van der Waals surface area contributed by atoms with Gasteiger partial charge in [0.05, 0.1) is 0 Å². The average molecular weight is 356 g/mol. The smallest absolute Gasteiger partial charge is 0.0866 e. The van der Waals surface area contributed by atoms with Crippen molar-refractivity contribution in [1.29, 1.82) is 0 Å². The lowest BCUT2D eigenvalue weighted by molar-refractivity contribution is 0.536. The third-order valence-corrected chi connectivity index (χ3v) is 4.98. The number of hydrogen-bond donors (Lipinski definition) is 0. The van der Waals surface area contributed by atoms with E-state index in [1.165, 1.54) is 83.5 Å². The van der Waals surface area contributed by atoms with E-state index in [0.717, 1.165) is 12.8 Å². The van der Waals surface area contributed by atoms with Crippen molar-refractivity contribution in [3.05, 3.63) is 9.52 Å². The minimum Gasteiger partial charge on any atom is -0.0866 e. The van der Waals surface area contributed by atoms with E-state index < -0.39 is 0 Å². The Kier molecular flexibility index (Phi) is 17.5. The predicted molar refractivity (Wildman–Crippen MR) is 99.5 cm³/mol. The fourth-order valence-corrected chi connectivity index (χ4v) is 2.89. The van der Waals surface area contributed by atoms with E-state index >= 15 is 0 Å². The van der Waals surface area contributed by atoms with Gasteiger partial charge in [0.15, 0.2) is 0 Å². The van der Waals surface area contributed by atoms with Crippen LogP contribution in [0.4, 0.5) is 0 Å². The van der Waals surface area contributed by atoms with Gasteiger partial charge in [-0.05, 0) is 12.8 Å². The van der Waals surface area contributed by atoms with Gasteiger partial charge in [-0.25, -0.2) is 0 Å². The molecule has 0 heterocycles. The second kappa shape index (κ2) is 17.0. The molecule has 0 bridgehead atoms. The molecule has 0 aliphatic heterocycles. The molecule has 0 saturated carbocycles. The van der Waals surface area contributed by atoms with E-state index in [-0.39, 0.29) is 4.49 Å². The molecule has 0 spiro atoms. The zero-order chi connectivity index (χ0) is 15.8. The van der Waals surface area contributed by atoms with Gasteiger partial charge >= 0.3 is 0 Å². The van der Waals surface area contributed by atoms with Gasteiger partial charge in [-0.2, -0.15) is 0 Å². The molecule has 0 atom stereocenters. The van der Waals surface area contributed by atoms with Crippen LogP contribution in [0.1, 0.15) is 103 Å². The molecule has 0 unspecified atom stereocenters. The third-order valence-electron chi connectivity index (χ3n) is 3.95.